The van der Waals surface area contributed by atoms with Crippen molar-refractivity contribution in [2.75, 3.05) is 0 Å². The standard InChI is InChI=1S/C13H21BrN4O/c1-2-18-12(11(14)8-16-18)9-15-13(19)17-10-6-4-3-5-7-10/h8,10H,2-7,9H2,1H3,(H2,15,17,19). The third-order valence-corrected chi connectivity index (χ3v) is 4.22. The average Bonchev–Trinajstić information content (AvgIpc) is 2.78. The fraction of sp³-hybridized carbons (Fsp3) is 0.692. The Morgan fingerprint density at radius 2 is 2.21 bits per heavy atom. The largest absolute Gasteiger partial charge is 0.335 e. The van der Waals surface area contributed by atoms with Crippen LogP contribution in [-0.2, 0) is 13.1 Å². The lowest BCUT2D eigenvalue weighted by molar-refractivity contribution is 0.232. The Hall–Kier alpha value is -1.04. The molecular formula is C13H21BrN4O. The number of carbonyl (C=O) groups excluding carboxylic acids is 1. The van der Waals surface area contributed by atoms with E-state index in [0.29, 0.717) is 12.6 Å². The molecule has 19 heavy (non-hydrogen) atoms. The van der Waals surface area contributed by atoms with Crippen molar-refractivity contribution in [1.29, 1.82) is 0 Å². The third kappa shape index (κ3) is 3.96. The Balaban J connectivity index is 1.80. The van der Waals surface area contributed by atoms with Gasteiger partial charge in [-0.05, 0) is 35.7 Å². The molecule has 0 saturated heterocycles. The van der Waals surface area contributed by atoms with Crippen molar-refractivity contribution < 1.29 is 4.79 Å². The minimum absolute atomic E-state index is 0.0809. The molecule has 1 saturated carbocycles. The summed E-state index contributed by atoms with van der Waals surface area (Å²) in [6, 6.07) is 0.260. The lowest BCUT2D eigenvalue weighted by atomic mass is 9.96. The van der Waals surface area contributed by atoms with E-state index >= 15 is 0 Å². The van der Waals surface area contributed by atoms with Gasteiger partial charge in [-0.1, -0.05) is 19.3 Å². The van der Waals surface area contributed by atoms with Gasteiger partial charge in [-0.15, -0.1) is 0 Å². The minimum Gasteiger partial charge on any atom is -0.335 e. The molecule has 6 heteroatoms. The van der Waals surface area contributed by atoms with E-state index < -0.39 is 0 Å². The van der Waals surface area contributed by atoms with Crippen molar-refractivity contribution in [3.8, 4) is 0 Å². The number of nitrogens with zero attached hydrogens (tertiary/aromatic N) is 2. The quantitative estimate of drug-likeness (QED) is 0.892. The zero-order chi connectivity index (χ0) is 13.7. The molecule has 2 amide bonds. The Bertz CT molecular complexity index is 426. The van der Waals surface area contributed by atoms with Crippen LogP contribution in [0, 0.1) is 0 Å². The third-order valence-electron chi connectivity index (χ3n) is 3.55. The molecule has 0 atom stereocenters. The summed E-state index contributed by atoms with van der Waals surface area (Å²) in [4.78, 5) is 11.9. The summed E-state index contributed by atoms with van der Waals surface area (Å²) >= 11 is 3.45. The zero-order valence-electron chi connectivity index (χ0n) is 11.3. The van der Waals surface area contributed by atoms with Gasteiger partial charge < -0.3 is 10.6 Å². The molecule has 0 bridgehead atoms. The Morgan fingerprint density at radius 3 is 2.89 bits per heavy atom. The van der Waals surface area contributed by atoms with Crippen molar-refractivity contribution >= 4 is 22.0 Å². The maximum atomic E-state index is 11.9. The van der Waals surface area contributed by atoms with E-state index in [0.717, 1.165) is 29.6 Å². The summed E-state index contributed by atoms with van der Waals surface area (Å²) in [5.41, 5.74) is 1.00. The summed E-state index contributed by atoms with van der Waals surface area (Å²) < 4.78 is 2.82. The summed E-state index contributed by atoms with van der Waals surface area (Å²) in [6.07, 6.45) is 7.70. The van der Waals surface area contributed by atoms with E-state index in [1.54, 1.807) is 6.20 Å². The highest BCUT2D eigenvalue weighted by Gasteiger charge is 2.16. The van der Waals surface area contributed by atoms with Crippen molar-refractivity contribution in [2.45, 2.75) is 58.2 Å². The van der Waals surface area contributed by atoms with Gasteiger partial charge in [-0.25, -0.2) is 4.79 Å². The van der Waals surface area contributed by atoms with Gasteiger partial charge in [0.25, 0.3) is 0 Å². The number of aromatic nitrogens is 2. The van der Waals surface area contributed by atoms with Crippen molar-refractivity contribution in [1.82, 2.24) is 20.4 Å². The van der Waals surface area contributed by atoms with Crippen molar-refractivity contribution in [3.63, 3.8) is 0 Å². The van der Waals surface area contributed by atoms with Crippen LogP contribution in [0.15, 0.2) is 10.7 Å². The van der Waals surface area contributed by atoms with Gasteiger partial charge >= 0.3 is 6.03 Å². The molecule has 2 N–H and O–H groups in total. The minimum atomic E-state index is -0.0809. The number of hydrogen-bond donors (Lipinski definition) is 2. The smallest absolute Gasteiger partial charge is 0.315 e. The first-order valence-corrected chi connectivity index (χ1v) is 7.74. The van der Waals surface area contributed by atoms with Crippen LogP contribution in [0.4, 0.5) is 4.79 Å². The number of rotatable bonds is 4. The van der Waals surface area contributed by atoms with Crippen molar-refractivity contribution in [3.05, 3.63) is 16.4 Å². The number of aryl methyl sites for hydroxylation is 1. The van der Waals surface area contributed by atoms with Gasteiger partial charge in [0.1, 0.15) is 0 Å². The lowest BCUT2D eigenvalue weighted by Gasteiger charge is -2.22. The van der Waals surface area contributed by atoms with Crippen LogP contribution in [0.25, 0.3) is 0 Å². The molecule has 0 spiro atoms. The Labute approximate surface area is 122 Å². The summed E-state index contributed by atoms with van der Waals surface area (Å²) in [5.74, 6) is 0. The molecule has 0 unspecified atom stereocenters. The normalized spacial score (nSPS) is 16.3. The number of amides is 2. The van der Waals surface area contributed by atoms with E-state index in [9.17, 15) is 4.79 Å². The summed E-state index contributed by atoms with van der Waals surface area (Å²) in [6.45, 7) is 3.32. The first-order chi connectivity index (χ1) is 9.20. The lowest BCUT2D eigenvalue weighted by Crippen LogP contribution is -2.42. The molecule has 5 nitrogen and oxygen atoms in total. The highest BCUT2D eigenvalue weighted by atomic mass is 79.9. The predicted molar refractivity (Wildman–Crippen MR) is 77.8 cm³/mol. The second kappa shape index (κ2) is 6.93. The molecule has 1 aromatic heterocycles. The molecule has 1 fully saturated rings. The molecule has 1 aliphatic rings. The topological polar surface area (TPSA) is 59.0 Å². The highest BCUT2D eigenvalue weighted by molar-refractivity contribution is 9.10. The number of halogens is 1. The molecule has 106 valence electrons. The first-order valence-electron chi connectivity index (χ1n) is 6.95. The number of nitrogens with one attached hydrogen (secondary N) is 2. The number of carbonyl (C=O) groups is 1. The van der Waals surface area contributed by atoms with Crippen molar-refractivity contribution in [2.24, 2.45) is 0 Å². The molecule has 0 aromatic carbocycles. The summed E-state index contributed by atoms with van der Waals surface area (Å²) in [7, 11) is 0. The molecule has 0 aliphatic heterocycles. The van der Waals surface area contributed by atoms with Gasteiger partial charge in [0.05, 0.1) is 22.9 Å². The van der Waals surface area contributed by atoms with Gasteiger partial charge in [-0.3, -0.25) is 4.68 Å². The van der Waals surface area contributed by atoms with E-state index in [-0.39, 0.29) is 6.03 Å². The fourth-order valence-electron chi connectivity index (χ4n) is 2.48. The molecule has 1 heterocycles. The van der Waals surface area contributed by atoms with Gasteiger partial charge in [0.15, 0.2) is 0 Å². The van der Waals surface area contributed by atoms with Crippen LogP contribution >= 0.6 is 15.9 Å². The van der Waals surface area contributed by atoms with E-state index in [1.807, 2.05) is 11.6 Å². The fourth-order valence-corrected chi connectivity index (χ4v) is 2.92. The molecule has 0 radical (unpaired) electrons. The van der Waals surface area contributed by atoms with E-state index in [1.165, 1.54) is 19.3 Å². The summed E-state index contributed by atoms with van der Waals surface area (Å²) in [5, 5.41) is 10.2. The molecular weight excluding hydrogens is 308 g/mol. The molecule has 1 aromatic rings. The number of hydrogen-bond acceptors (Lipinski definition) is 2. The highest BCUT2D eigenvalue weighted by Crippen LogP contribution is 2.17. The average molecular weight is 329 g/mol. The molecule has 2 rings (SSSR count). The Morgan fingerprint density at radius 1 is 1.47 bits per heavy atom. The van der Waals surface area contributed by atoms with E-state index in [4.69, 9.17) is 0 Å². The van der Waals surface area contributed by atoms with Gasteiger partial charge in [-0.2, -0.15) is 5.10 Å². The zero-order valence-corrected chi connectivity index (χ0v) is 12.9. The van der Waals surface area contributed by atoms with Crippen LogP contribution in [0.2, 0.25) is 0 Å². The van der Waals surface area contributed by atoms with Crippen LogP contribution in [-0.4, -0.2) is 21.9 Å². The van der Waals surface area contributed by atoms with Gasteiger partial charge in [0, 0.05) is 12.6 Å². The Kier molecular flexibility index (Phi) is 5.24. The maximum Gasteiger partial charge on any atom is 0.315 e. The first kappa shape index (κ1) is 14.4. The van der Waals surface area contributed by atoms with Crippen LogP contribution in [0.5, 0.6) is 0 Å². The molecule has 1 aliphatic carbocycles. The second-order valence-electron chi connectivity index (χ2n) is 4.92. The maximum absolute atomic E-state index is 11.9. The number of urea groups is 1. The van der Waals surface area contributed by atoms with Crippen LogP contribution in [0.3, 0.4) is 0 Å². The van der Waals surface area contributed by atoms with Crippen LogP contribution in [0.1, 0.15) is 44.7 Å². The SMILES string of the molecule is CCn1ncc(Br)c1CNC(=O)NC1CCCCC1. The van der Waals surface area contributed by atoms with E-state index in [2.05, 4.69) is 31.7 Å². The predicted octanol–water partition coefficient (Wildman–Crippen LogP) is 2.80. The van der Waals surface area contributed by atoms with Gasteiger partial charge in [0.2, 0.25) is 0 Å². The second-order valence-corrected chi connectivity index (χ2v) is 5.77. The monoisotopic (exact) mass is 328 g/mol. The van der Waals surface area contributed by atoms with Crippen LogP contribution < -0.4 is 10.6 Å².